The highest BCUT2D eigenvalue weighted by Gasteiger charge is 2.30. The van der Waals surface area contributed by atoms with Crippen molar-refractivity contribution in [3.8, 4) is 0 Å². The number of hydrogen-bond acceptors (Lipinski definition) is 11. The number of ether oxygens (including phenoxy) is 5. The van der Waals surface area contributed by atoms with Crippen LogP contribution < -0.4 is 16.1 Å². The second-order valence-electron chi connectivity index (χ2n) is 14.1. The van der Waals surface area contributed by atoms with E-state index in [0.29, 0.717) is 37.5 Å². The van der Waals surface area contributed by atoms with Crippen LogP contribution in [0.25, 0.3) is 0 Å². The largest absolute Gasteiger partial charge is 0.447 e. The van der Waals surface area contributed by atoms with Crippen LogP contribution >= 0.6 is 0 Å². The molecule has 1 aliphatic rings. The summed E-state index contributed by atoms with van der Waals surface area (Å²) < 4.78 is 28.2. The average molecular weight is 633 g/mol. The number of nitrogens with one attached hydrogen (secondary N) is 3. The molecule has 256 valence electrons. The van der Waals surface area contributed by atoms with Gasteiger partial charge in [-0.1, -0.05) is 0 Å². The molecule has 0 bridgehead atoms. The molecule has 1 fully saturated rings. The van der Waals surface area contributed by atoms with Crippen molar-refractivity contribution in [3.63, 3.8) is 0 Å². The molecule has 0 saturated carbocycles. The number of carbonyl (C=O) groups is 4. The maximum absolute atomic E-state index is 12.6. The van der Waals surface area contributed by atoms with Gasteiger partial charge >= 0.3 is 12.2 Å². The van der Waals surface area contributed by atoms with Gasteiger partial charge in [-0.25, -0.2) is 9.59 Å². The van der Waals surface area contributed by atoms with Crippen LogP contribution in [0.4, 0.5) is 9.59 Å². The van der Waals surface area contributed by atoms with E-state index in [-0.39, 0.29) is 50.4 Å². The third kappa shape index (κ3) is 19.0. The van der Waals surface area contributed by atoms with Crippen molar-refractivity contribution in [3.05, 3.63) is 0 Å². The normalized spacial score (nSPS) is 14.8. The molecule has 0 spiro atoms. The minimum absolute atomic E-state index is 0.121. The Morgan fingerprint density at radius 2 is 1.16 bits per heavy atom. The van der Waals surface area contributed by atoms with Gasteiger partial charge in [0.05, 0.1) is 11.2 Å². The van der Waals surface area contributed by atoms with Crippen molar-refractivity contribution < 1.29 is 47.8 Å². The molecule has 1 saturated heterocycles. The molecule has 14 heteroatoms. The van der Waals surface area contributed by atoms with Crippen LogP contribution in [0.1, 0.15) is 101 Å². The summed E-state index contributed by atoms with van der Waals surface area (Å²) in [5.41, 5.74) is 0.826. The van der Waals surface area contributed by atoms with Crippen LogP contribution in [0.2, 0.25) is 0 Å². The highest BCUT2D eigenvalue weighted by atomic mass is 16.8. The van der Waals surface area contributed by atoms with Gasteiger partial charge in [-0.15, -0.1) is 5.06 Å². The van der Waals surface area contributed by atoms with E-state index in [1.165, 1.54) is 0 Å². The monoisotopic (exact) mass is 632 g/mol. The lowest BCUT2D eigenvalue weighted by Gasteiger charge is -2.29. The molecule has 0 aromatic rings. The Morgan fingerprint density at radius 3 is 1.57 bits per heavy atom. The highest BCUT2D eigenvalue weighted by Crippen LogP contribution is 2.15. The fourth-order valence-electron chi connectivity index (χ4n) is 3.62. The molecule has 0 aromatic carbocycles. The van der Waals surface area contributed by atoms with Crippen LogP contribution in [0.3, 0.4) is 0 Å². The SMILES string of the molecule is CC(C)(CCOC(C)(C)C)NC(=O)OCC(COC(=O)NC(C)(C)CCOC(C)(C)C)OCCCNON1C(=O)CCC1=O. The number of carbonyl (C=O) groups excluding carboxylic acids is 4. The Labute approximate surface area is 262 Å². The summed E-state index contributed by atoms with van der Waals surface area (Å²) in [6.07, 6.45) is -0.225. The van der Waals surface area contributed by atoms with Crippen molar-refractivity contribution in [2.75, 3.05) is 39.6 Å². The van der Waals surface area contributed by atoms with E-state index >= 15 is 0 Å². The number of amides is 4. The molecule has 0 unspecified atom stereocenters. The van der Waals surface area contributed by atoms with E-state index in [4.69, 9.17) is 28.6 Å². The second kappa shape index (κ2) is 17.8. The van der Waals surface area contributed by atoms with Crippen molar-refractivity contribution in [1.82, 2.24) is 21.2 Å². The number of alkyl carbamates (subject to hydrolysis) is 2. The highest BCUT2D eigenvalue weighted by molar-refractivity contribution is 6.00. The van der Waals surface area contributed by atoms with Crippen molar-refractivity contribution in [2.45, 2.75) is 130 Å². The summed E-state index contributed by atoms with van der Waals surface area (Å²) >= 11 is 0. The zero-order valence-corrected chi connectivity index (χ0v) is 28.4. The molecular formula is C30H56N4O10. The van der Waals surface area contributed by atoms with Gasteiger partial charge in [0.1, 0.15) is 19.3 Å². The summed E-state index contributed by atoms with van der Waals surface area (Å²) in [6, 6.07) is 0. The number of imide groups is 1. The van der Waals surface area contributed by atoms with E-state index in [1.807, 2.05) is 69.2 Å². The molecule has 0 radical (unpaired) electrons. The van der Waals surface area contributed by atoms with Gasteiger partial charge in [0.25, 0.3) is 11.8 Å². The molecular weight excluding hydrogens is 576 g/mol. The predicted octanol–water partition coefficient (Wildman–Crippen LogP) is 3.77. The number of hydrogen-bond donors (Lipinski definition) is 3. The maximum atomic E-state index is 12.6. The van der Waals surface area contributed by atoms with Crippen LogP contribution in [-0.2, 0) is 38.2 Å². The third-order valence-electron chi connectivity index (χ3n) is 6.14. The first kappa shape index (κ1) is 39.5. The second-order valence-corrected chi connectivity index (χ2v) is 14.1. The summed E-state index contributed by atoms with van der Waals surface area (Å²) in [6.45, 7) is 20.3. The summed E-state index contributed by atoms with van der Waals surface area (Å²) in [5.74, 6) is -0.807. The third-order valence-corrected chi connectivity index (χ3v) is 6.14. The number of nitrogens with zero attached hydrogens (tertiary/aromatic N) is 1. The summed E-state index contributed by atoms with van der Waals surface area (Å²) in [5, 5.41) is 6.36. The lowest BCUT2D eigenvalue weighted by atomic mass is 10.0. The van der Waals surface area contributed by atoms with Gasteiger partial charge in [0, 0.05) is 50.3 Å². The maximum Gasteiger partial charge on any atom is 0.407 e. The molecule has 4 amide bonds. The topological polar surface area (TPSA) is 163 Å². The fraction of sp³-hybridized carbons (Fsp3) is 0.867. The summed E-state index contributed by atoms with van der Waals surface area (Å²) in [4.78, 5) is 53.4. The first-order chi connectivity index (χ1) is 20.2. The molecule has 14 nitrogen and oxygen atoms in total. The van der Waals surface area contributed by atoms with E-state index in [9.17, 15) is 19.2 Å². The van der Waals surface area contributed by atoms with Crippen LogP contribution in [-0.4, -0.2) is 97.0 Å². The molecule has 3 N–H and O–H groups in total. The molecule has 0 aromatic heterocycles. The Morgan fingerprint density at radius 1 is 0.727 bits per heavy atom. The lowest BCUT2D eigenvalue weighted by Crippen LogP contribution is -2.46. The zero-order valence-electron chi connectivity index (χ0n) is 28.4. The van der Waals surface area contributed by atoms with Crippen LogP contribution in [0.15, 0.2) is 0 Å². The molecule has 1 heterocycles. The van der Waals surface area contributed by atoms with Crippen LogP contribution in [0, 0.1) is 0 Å². The van der Waals surface area contributed by atoms with Crippen molar-refractivity contribution in [1.29, 1.82) is 0 Å². The smallest absolute Gasteiger partial charge is 0.407 e. The van der Waals surface area contributed by atoms with Crippen molar-refractivity contribution >= 4 is 24.0 Å². The first-order valence-corrected chi connectivity index (χ1v) is 15.2. The molecule has 0 aliphatic carbocycles. The minimum atomic E-state index is -0.756. The van der Waals surface area contributed by atoms with Gasteiger partial charge in [-0.3, -0.25) is 9.59 Å². The van der Waals surface area contributed by atoms with Gasteiger partial charge < -0.3 is 34.3 Å². The van der Waals surface area contributed by atoms with E-state index < -0.39 is 41.2 Å². The molecule has 44 heavy (non-hydrogen) atoms. The number of rotatable bonds is 19. The Bertz CT molecular complexity index is 862. The Balaban J connectivity index is 2.59. The van der Waals surface area contributed by atoms with Gasteiger partial charge in [-0.2, -0.15) is 10.4 Å². The van der Waals surface area contributed by atoms with Gasteiger partial charge in [0.15, 0.2) is 0 Å². The summed E-state index contributed by atoms with van der Waals surface area (Å²) in [7, 11) is 0. The molecule has 0 atom stereocenters. The predicted molar refractivity (Wildman–Crippen MR) is 162 cm³/mol. The lowest BCUT2D eigenvalue weighted by molar-refractivity contribution is -0.208. The van der Waals surface area contributed by atoms with E-state index in [0.717, 1.165) is 0 Å². The fourth-order valence-corrected chi connectivity index (χ4v) is 3.62. The van der Waals surface area contributed by atoms with E-state index in [1.54, 1.807) is 0 Å². The van der Waals surface area contributed by atoms with Gasteiger partial charge in [-0.05, 0) is 88.5 Å². The average Bonchev–Trinajstić information content (AvgIpc) is 3.16. The first-order valence-electron chi connectivity index (χ1n) is 15.2. The van der Waals surface area contributed by atoms with Crippen LogP contribution in [0.5, 0.6) is 0 Å². The molecule has 1 rings (SSSR count). The standard InChI is InChI=1S/C30H56N4O10/c1-27(2,3)42-18-14-29(7,8)32-25(37)40-20-22(39-17-11-16-31-44-34-23(35)12-13-24(34)36)21-41-26(38)33-30(9,10)15-19-43-28(4,5)6/h22,31H,11-21H2,1-10H3,(H,32,37)(H,33,38). The molecule has 1 aliphatic heterocycles. The van der Waals surface area contributed by atoms with E-state index in [2.05, 4.69) is 16.1 Å². The Hall–Kier alpha value is -2.52. The number of hydroxylamine groups is 3. The quantitative estimate of drug-likeness (QED) is 0.108. The zero-order chi connectivity index (χ0) is 33.6. The van der Waals surface area contributed by atoms with Crippen molar-refractivity contribution in [2.24, 2.45) is 0 Å². The Kier molecular flexibility index (Phi) is 16.0. The van der Waals surface area contributed by atoms with Gasteiger partial charge in [0.2, 0.25) is 0 Å². The minimum Gasteiger partial charge on any atom is -0.447 e.